The second-order valence-electron chi connectivity index (χ2n) is 4.05. The molecule has 0 saturated carbocycles. The van der Waals surface area contributed by atoms with E-state index in [1.165, 1.54) is 24.4 Å². The van der Waals surface area contributed by atoms with Crippen LogP contribution < -0.4 is 10.5 Å². The van der Waals surface area contributed by atoms with Crippen molar-refractivity contribution < 1.29 is 12.8 Å². The van der Waals surface area contributed by atoms with Crippen molar-refractivity contribution >= 4 is 15.7 Å². The molecule has 0 radical (unpaired) electrons. The van der Waals surface area contributed by atoms with Crippen LogP contribution in [0.1, 0.15) is 17.2 Å². The molecule has 104 valence electrons. The lowest BCUT2D eigenvalue weighted by Gasteiger charge is -2.07. The Kier molecular flexibility index (Phi) is 3.74. The normalized spacial score (nSPS) is 11.2. The number of nitrogen functional groups attached to an aromatic ring is 1. The number of hydrogen-bond acceptors (Lipinski definition) is 6. The molecule has 2 rings (SSSR count). The van der Waals surface area contributed by atoms with Gasteiger partial charge in [0.25, 0.3) is 0 Å². The molecule has 1 heterocycles. The molecule has 20 heavy (non-hydrogen) atoms. The van der Waals surface area contributed by atoms with Crippen LogP contribution in [-0.2, 0) is 16.6 Å². The molecule has 0 aliphatic rings. The summed E-state index contributed by atoms with van der Waals surface area (Å²) in [6, 6.07) is 5.87. The predicted molar refractivity (Wildman–Crippen MR) is 70.8 cm³/mol. The first-order valence-corrected chi connectivity index (χ1v) is 7.11. The Labute approximate surface area is 116 Å². The lowest BCUT2D eigenvalue weighted by atomic mass is 10.2. The maximum absolute atomic E-state index is 12.1. The van der Waals surface area contributed by atoms with Gasteiger partial charge in [0.15, 0.2) is 0 Å². The molecule has 0 bridgehead atoms. The molecule has 2 aromatic rings. The summed E-state index contributed by atoms with van der Waals surface area (Å²) in [4.78, 5) is 3.81. The Bertz CT molecular complexity index is 774. The van der Waals surface area contributed by atoms with Crippen LogP contribution in [0.2, 0.25) is 0 Å². The number of anilines is 1. The number of aryl methyl sites for hydroxylation is 1. The lowest BCUT2D eigenvalue weighted by molar-refractivity contribution is 0.463. The molecule has 3 N–H and O–H groups in total. The van der Waals surface area contributed by atoms with E-state index in [9.17, 15) is 8.42 Å². The summed E-state index contributed by atoms with van der Waals surface area (Å²) >= 11 is 0. The van der Waals surface area contributed by atoms with Gasteiger partial charge < -0.3 is 10.2 Å². The van der Waals surface area contributed by atoms with Crippen molar-refractivity contribution in [3.8, 4) is 6.07 Å². The van der Waals surface area contributed by atoms with Gasteiger partial charge in [-0.25, -0.2) is 18.1 Å². The number of sulfonamides is 1. The van der Waals surface area contributed by atoms with Gasteiger partial charge in [0, 0.05) is 0 Å². The summed E-state index contributed by atoms with van der Waals surface area (Å²) in [5.74, 6) is 0.857. The number of aromatic nitrogens is 1. The molecule has 8 heteroatoms. The van der Waals surface area contributed by atoms with E-state index in [-0.39, 0.29) is 23.0 Å². The zero-order valence-electron chi connectivity index (χ0n) is 10.6. The van der Waals surface area contributed by atoms with Crippen LogP contribution in [0, 0.1) is 18.3 Å². The third-order valence-corrected chi connectivity index (χ3v) is 3.99. The van der Waals surface area contributed by atoms with Crippen LogP contribution in [0.25, 0.3) is 0 Å². The van der Waals surface area contributed by atoms with E-state index in [0.29, 0.717) is 11.3 Å². The number of benzene rings is 1. The summed E-state index contributed by atoms with van der Waals surface area (Å²) in [6.45, 7) is 1.64. The third-order valence-electron chi connectivity index (χ3n) is 2.51. The van der Waals surface area contributed by atoms with Crippen molar-refractivity contribution in [3.63, 3.8) is 0 Å². The van der Waals surface area contributed by atoms with E-state index in [1.54, 1.807) is 6.92 Å². The topological polar surface area (TPSA) is 122 Å². The van der Waals surface area contributed by atoms with Crippen LogP contribution >= 0.6 is 0 Å². The molecule has 7 nitrogen and oxygen atoms in total. The van der Waals surface area contributed by atoms with Gasteiger partial charge in [0.1, 0.15) is 10.7 Å². The van der Waals surface area contributed by atoms with Gasteiger partial charge in [-0.3, -0.25) is 0 Å². The SMILES string of the molecule is Cc1cnc(CNS(=O)(=O)c2ccc(C#N)cc2N)o1. The van der Waals surface area contributed by atoms with Gasteiger partial charge in [-0.15, -0.1) is 0 Å². The fraction of sp³-hybridized carbons (Fsp3) is 0.167. The van der Waals surface area contributed by atoms with Gasteiger partial charge in [0.2, 0.25) is 15.9 Å². The standard InChI is InChI=1S/C12H12N4O3S/c1-8-6-15-12(19-8)7-16-20(17,18)11-3-2-9(5-13)4-10(11)14/h2-4,6,16H,7,14H2,1H3. The van der Waals surface area contributed by atoms with Crippen molar-refractivity contribution in [3.05, 3.63) is 41.6 Å². The largest absolute Gasteiger partial charge is 0.445 e. The smallest absolute Gasteiger partial charge is 0.243 e. The minimum atomic E-state index is -3.79. The number of nitriles is 1. The van der Waals surface area contributed by atoms with Crippen molar-refractivity contribution in [1.29, 1.82) is 5.26 Å². The fourth-order valence-electron chi connectivity index (χ4n) is 1.58. The Balaban J connectivity index is 2.20. The molecule has 1 aromatic carbocycles. The van der Waals surface area contributed by atoms with Crippen LogP contribution in [0.4, 0.5) is 5.69 Å². The van der Waals surface area contributed by atoms with E-state index in [2.05, 4.69) is 9.71 Å². The summed E-state index contributed by atoms with van der Waals surface area (Å²) in [6.07, 6.45) is 1.50. The summed E-state index contributed by atoms with van der Waals surface area (Å²) in [5.41, 5.74) is 5.96. The minimum absolute atomic E-state index is 0.0140. The van der Waals surface area contributed by atoms with E-state index in [0.717, 1.165) is 0 Å². The second kappa shape index (κ2) is 5.32. The van der Waals surface area contributed by atoms with Gasteiger partial charge in [0.05, 0.1) is 30.1 Å². The van der Waals surface area contributed by atoms with Crippen molar-refractivity contribution in [2.24, 2.45) is 0 Å². The van der Waals surface area contributed by atoms with E-state index in [1.807, 2.05) is 6.07 Å². The monoisotopic (exact) mass is 292 g/mol. The van der Waals surface area contributed by atoms with Gasteiger partial charge in [-0.2, -0.15) is 5.26 Å². The molecular formula is C12H12N4O3S. The number of nitrogens with one attached hydrogen (secondary N) is 1. The van der Waals surface area contributed by atoms with E-state index < -0.39 is 10.0 Å². The molecule has 0 unspecified atom stereocenters. The number of oxazole rings is 1. The van der Waals surface area contributed by atoms with Crippen LogP contribution in [0.15, 0.2) is 33.7 Å². The maximum atomic E-state index is 12.1. The third kappa shape index (κ3) is 2.96. The van der Waals surface area contributed by atoms with Crippen molar-refractivity contribution in [2.75, 3.05) is 5.73 Å². The molecule has 0 atom stereocenters. The van der Waals surface area contributed by atoms with E-state index >= 15 is 0 Å². The fourth-order valence-corrected chi connectivity index (χ4v) is 2.67. The zero-order chi connectivity index (χ0) is 14.8. The summed E-state index contributed by atoms with van der Waals surface area (Å²) in [7, 11) is -3.79. The van der Waals surface area contributed by atoms with Gasteiger partial charge in [-0.05, 0) is 25.1 Å². The Morgan fingerprint density at radius 3 is 2.80 bits per heavy atom. The molecule has 1 aromatic heterocycles. The summed E-state index contributed by atoms with van der Waals surface area (Å²) < 4.78 is 31.7. The average Bonchev–Trinajstić information content (AvgIpc) is 2.82. The number of rotatable bonds is 4. The Morgan fingerprint density at radius 2 is 2.25 bits per heavy atom. The molecule has 0 fully saturated rings. The number of hydrogen-bond donors (Lipinski definition) is 2. The molecule has 0 spiro atoms. The maximum Gasteiger partial charge on any atom is 0.243 e. The molecule has 0 amide bonds. The first kappa shape index (κ1) is 14.0. The molecule has 0 saturated heterocycles. The molecular weight excluding hydrogens is 280 g/mol. The first-order valence-electron chi connectivity index (χ1n) is 5.63. The van der Waals surface area contributed by atoms with Gasteiger partial charge >= 0.3 is 0 Å². The molecule has 0 aliphatic carbocycles. The highest BCUT2D eigenvalue weighted by Crippen LogP contribution is 2.19. The predicted octanol–water partition coefficient (Wildman–Crippen LogP) is 0.915. The van der Waals surface area contributed by atoms with Crippen LogP contribution in [0.5, 0.6) is 0 Å². The summed E-state index contributed by atoms with van der Waals surface area (Å²) in [5, 5.41) is 8.72. The molecule has 0 aliphatic heterocycles. The highest BCUT2D eigenvalue weighted by molar-refractivity contribution is 7.89. The first-order chi connectivity index (χ1) is 9.42. The van der Waals surface area contributed by atoms with Gasteiger partial charge in [-0.1, -0.05) is 0 Å². The van der Waals surface area contributed by atoms with Crippen molar-refractivity contribution in [2.45, 2.75) is 18.4 Å². The van der Waals surface area contributed by atoms with Crippen LogP contribution in [-0.4, -0.2) is 13.4 Å². The number of nitrogens with zero attached hydrogens (tertiary/aromatic N) is 2. The quantitative estimate of drug-likeness (QED) is 0.808. The van der Waals surface area contributed by atoms with Crippen LogP contribution in [0.3, 0.4) is 0 Å². The second-order valence-corrected chi connectivity index (χ2v) is 5.79. The average molecular weight is 292 g/mol. The van der Waals surface area contributed by atoms with E-state index in [4.69, 9.17) is 15.4 Å². The highest BCUT2D eigenvalue weighted by atomic mass is 32.2. The lowest BCUT2D eigenvalue weighted by Crippen LogP contribution is -2.24. The Morgan fingerprint density at radius 1 is 1.50 bits per heavy atom. The minimum Gasteiger partial charge on any atom is -0.445 e. The number of nitrogens with two attached hydrogens (primary N) is 1. The zero-order valence-corrected chi connectivity index (χ0v) is 11.4. The highest BCUT2D eigenvalue weighted by Gasteiger charge is 2.18. The van der Waals surface area contributed by atoms with Crippen molar-refractivity contribution in [1.82, 2.24) is 9.71 Å². The Hall–Kier alpha value is -2.37.